The molecule has 28 heavy (non-hydrogen) atoms. The van der Waals surface area contributed by atoms with E-state index in [9.17, 15) is 4.39 Å². The fourth-order valence-corrected chi connectivity index (χ4v) is 3.14. The lowest BCUT2D eigenvalue weighted by molar-refractivity contribution is 0.192. The molecule has 1 saturated heterocycles. The Morgan fingerprint density at radius 3 is 3.04 bits per heavy atom. The van der Waals surface area contributed by atoms with Crippen LogP contribution in [0.4, 0.5) is 10.2 Å². The zero-order chi connectivity index (χ0) is 20.1. The van der Waals surface area contributed by atoms with E-state index in [2.05, 4.69) is 10.3 Å². The lowest BCUT2D eigenvalue weighted by Crippen LogP contribution is -2.24. The molecule has 1 fully saturated rings. The molecule has 0 spiro atoms. The average molecular weight is 405 g/mol. The molecule has 4 N–H and O–H groups in total. The first-order valence-corrected chi connectivity index (χ1v) is 9.27. The van der Waals surface area contributed by atoms with Gasteiger partial charge in [-0.15, -0.1) is 0 Å². The van der Waals surface area contributed by atoms with Crippen molar-refractivity contribution in [1.29, 1.82) is 5.41 Å². The van der Waals surface area contributed by atoms with Gasteiger partial charge in [0.25, 0.3) is 0 Å². The van der Waals surface area contributed by atoms with Crippen molar-refractivity contribution < 1.29 is 13.9 Å². The minimum absolute atomic E-state index is 0.199. The van der Waals surface area contributed by atoms with Crippen LogP contribution < -0.4 is 15.8 Å². The van der Waals surface area contributed by atoms with E-state index in [0.29, 0.717) is 34.1 Å². The number of halogens is 2. The van der Waals surface area contributed by atoms with E-state index in [0.717, 1.165) is 13.0 Å². The van der Waals surface area contributed by atoms with Gasteiger partial charge in [0.1, 0.15) is 11.9 Å². The highest BCUT2D eigenvalue weighted by atomic mass is 35.5. The Kier molecular flexibility index (Phi) is 6.49. The second kappa shape index (κ2) is 9.03. The molecule has 2 heterocycles. The largest absolute Gasteiger partial charge is 0.482 e. The van der Waals surface area contributed by atoms with E-state index in [-0.39, 0.29) is 11.9 Å². The van der Waals surface area contributed by atoms with Gasteiger partial charge >= 0.3 is 0 Å². The maximum atomic E-state index is 13.6. The van der Waals surface area contributed by atoms with Gasteiger partial charge in [-0.05, 0) is 37.6 Å². The quantitative estimate of drug-likeness (QED) is 0.607. The van der Waals surface area contributed by atoms with E-state index < -0.39 is 11.9 Å². The normalized spacial score (nSPS) is 18.0. The van der Waals surface area contributed by atoms with E-state index in [1.165, 1.54) is 24.4 Å². The number of pyridine rings is 1. The second-order valence-corrected chi connectivity index (χ2v) is 6.91. The second-order valence-electron chi connectivity index (χ2n) is 6.50. The van der Waals surface area contributed by atoms with Crippen LogP contribution in [0.1, 0.15) is 30.6 Å². The van der Waals surface area contributed by atoms with E-state index >= 15 is 0 Å². The number of nitrogens with one attached hydrogen (secondary N) is 2. The molecule has 1 aromatic carbocycles. The lowest BCUT2D eigenvalue weighted by atomic mass is 10.1. The summed E-state index contributed by atoms with van der Waals surface area (Å²) in [4.78, 5) is 4.16. The third-order valence-electron chi connectivity index (χ3n) is 4.47. The smallest absolute Gasteiger partial charge is 0.166 e. The number of nitrogens with zero attached hydrogens (tertiary/aromatic N) is 1. The molecule has 6 nitrogen and oxygen atoms in total. The number of benzene rings is 1. The molecule has 0 amide bonds. The Bertz CT molecular complexity index is 885. The SMILES string of the molecule is CC(Oc1cc(/C(C=N)=C/NC2CCOC2)cnc1N)c1cc(F)ccc1Cl. The molecular formula is C20H22ClFN4O2. The molecule has 3 rings (SSSR count). The van der Waals surface area contributed by atoms with Crippen LogP contribution in [0.3, 0.4) is 0 Å². The van der Waals surface area contributed by atoms with Gasteiger partial charge in [-0.2, -0.15) is 0 Å². The van der Waals surface area contributed by atoms with Crippen molar-refractivity contribution in [2.75, 3.05) is 18.9 Å². The van der Waals surface area contributed by atoms with Crippen LogP contribution in [0.5, 0.6) is 5.75 Å². The monoisotopic (exact) mass is 404 g/mol. The summed E-state index contributed by atoms with van der Waals surface area (Å²) in [5.74, 6) is 0.137. The van der Waals surface area contributed by atoms with Crippen molar-refractivity contribution in [1.82, 2.24) is 10.3 Å². The van der Waals surface area contributed by atoms with Gasteiger partial charge in [0.15, 0.2) is 11.6 Å². The number of rotatable bonds is 7. The molecule has 8 heteroatoms. The fourth-order valence-electron chi connectivity index (χ4n) is 2.87. The van der Waals surface area contributed by atoms with Gasteiger partial charge in [0.05, 0.1) is 12.6 Å². The maximum absolute atomic E-state index is 13.6. The van der Waals surface area contributed by atoms with Crippen LogP contribution in [-0.2, 0) is 4.74 Å². The maximum Gasteiger partial charge on any atom is 0.166 e. The Labute approximate surface area is 168 Å². The zero-order valence-electron chi connectivity index (χ0n) is 15.4. The Balaban J connectivity index is 1.81. The van der Waals surface area contributed by atoms with Crippen LogP contribution in [-0.4, -0.2) is 30.5 Å². The molecule has 1 aliphatic rings. The number of hydrogen-bond donors (Lipinski definition) is 3. The van der Waals surface area contributed by atoms with Gasteiger partial charge in [-0.3, -0.25) is 0 Å². The summed E-state index contributed by atoms with van der Waals surface area (Å²) >= 11 is 6.15. The van der Waals surface area contributed by atoms with Crippen molar-refractivity contribution in [2.24, 2.45) is 0 Å². The van der Waals surface area contributed by atoms with Crippen LogP contribution in [0.15, 0.2) is 36.7 Å². The standard InChI is InChI=1S/C20H22ClFN4O2/c1-12(17-7-15(22)2-3-18(17)21)28-19-6-13(9-26-20(19)24)14(8-23)10-25-16-4-5-27-11-16/h2-3,6-10,12,16,23,25H,4-5,11H2,1H3,(H2,24,26)/b14-10+,23-8?. The molecule has 1 aromatic heterocycles. The van der Waals surface area contributed by atoms with Crippen molar-refractivity contribution in [3.8, 4) is 5.75 Å². The fraction of sp³-hybridized carbons (Fsp3) is 0.300. The molecule has 0 saturated carbocycles. The highest BCUT2D eigenvalue weighted by molar-refractivity contribution is 6.31. The number of ether oxygens (including phenoxy) is 2. The summed E-state index contributed by atoms with van der Waals surface area (Å²) in [5, 5.41) is 11.4. The van der Waals surface area contributed by atoms with Crippen molar-refractivity contribution in [2.45, 2.75) is 25.5 Å². The van der Waals surface area contributed by atoms with Crippen LogP contribution in [0, 0.1) is 11.2 Å². The predicted octanol–water partition coefficient (Wildman–Crippen LogP) is 3.97. The molecule has 2 unspecified atom stereocenters. The minimum atomic E-state index is -0.538. The molecule has 148 valence electrons. The highest BCUT2D eigenvalue weighted by Crippen LogP contribution is 2.31. The van der Waals surface area contributed by atoms with Crippen molar-refractivity contribution in [3.63, 3.8) is 0 Å². The zero-order valence-corrected chi connectivity index (χ0v) is 16.2. The number of aromatic nitrogens is 1. The number of anilines is 1. The molecule has 2 aromatic rings. The number of allylic oxidation sites excluding steroid dienone is 1. The summed E-state index contributed by atoms with van der Waals surface area (Å²) in [5.41, 5.74) is 7.75. The van der Waals surface area contributed by atoms with Crippen molar-refractivity contribution >= 4 is 29.2 Å². The Hall–Kier alpha value is -2.64. The first-order valence-electron chi connectivity index (χ1n) is 8.90. The molecular weight excluding hydrogens is 383 g/mol. The molecule has 0 radical (unpaired) electrons. The molecule has 1 aliphatic heterocycles. The van der Waals surface area contributed by atoms with Crippen molar-refractivity contribution in [3.05, 3.63) is 58.6 Å². The number of nitrogens with two attached hydrogens (primary N) is 1. The summed E-state index contributed by atoms with van der Waals surface area (Å²) in [6, 6.07) is 6.03. The highest BCUT2D eigenvalue weighted by Gasteiger charge is 2.16. The van der Waals surface area contributed by atoms with Crippen LogP contribution in [0.2, 0.25) is 5.02 Å². The van der Waals surface area contributed by atoms with Gasteiger partial charge in [-0.1, -0.05) is 11.6 Å². The van der Waals surface area contributed by atoms with E-state index in [4.69, 9.17) is 32.2 Å². The van der Waals surface area contributed by atoms with Gasteiger partial charge < -0.3 is 25.9 Å². The first-order chi connectivity index (χ1) is 13.5. The third kappa shape index (κ3) is 4.79. The molecule has 0 bridgehead atoms. The lowest BCUT2D eigenvalue weighted by Gasteiger charge is -2.18. The van der Waals surface area contributed by atoms with Gasteiger partial charge in [0, 0.05) is 46.9 Å². The summed E-state index contributed by atoms with van der Waals surface area (Å²) in [7, 11) is 0. The van der Waals surface area contributed by atoms with Gasteiger partial charge in [0.2, 0.25) is 0 Å². The van der Waals surface area contributed by atoms with Crippen LogP contribution in [0.25, 0.3) is 5.57 Å². The Morgan fingerprint density at radius 1 is 1.50 bits per heavy atom. The molecule has 0 aliphatic carbocycles. The minimum Gasteiger partial charge on any atom is -0.482 e. The van der Waals surface area contributed by atoms with Gasteiger partial charge in [-0.25, -0.2) is 9.37 Å². The summed E-state index contributed by atoms with van der Waals surface area (Å²) < 4.78 is 24.8. The average Bonchev–Trinajstić information content (AvgIpc) is 3.20. The Morgan fingerprint density at radius 2 is 2.32 bits per heavy atom. The third-order valence-corrected chi connectivity index (χ3v) is 4.82. The number of nitrogen functional groups attached to an aromatic ring is 1. The van der Waals surface area contributed by atoms with E-state index in [1.54, 1.807) is 25.4 Å². The molecule has 2 atom stereocenters. The van der Waals surface area contributed by atoms with Crippen LogP contribution >= 0.6 is 11.6 Å². The number of hydrogen-bond acceptors (Lipinski definition) is 6. The predicted molar refractivity (Wildman–Crippen MR) is 108 cm³/mol. The van der Waals surface area contributed by atoms with E-state index in [1.807, 2.05) is 0 Å². The summed E-state index contributed by atoms with van der Waals surface area (Å²) in [6.45, 7) is 3.12. The first kappa shape index (κ1) is 20.1. The topological polar surface area (TPSA) is 93.2 Å². The summed E-state index contributed by atoms with van der Waals surface area (Å²) in [6.07, 6.45) is 4.94.